The monoisotopic (exact) mass is 401 g/mol. The van der Waals surface area contributed by atoms with Crippen molar-refractivity contribution in [3.05, 3.63) is 40.5 Å². The van der Waals surface area contributed by atoms with Gasteiger partial charge in [-0.25, -0.2) is 9.97 Å². The maximum absolute atomic E-state index is 12.5. The minimum Gasteiger partial charge on any atom is -0.324 e. The van der Waals surface area contributed by atoms with Crippen molar-refractivity contribution < 1.29 is 4.79 Å². The fourth-order valence-electron chi connectivity index (χ4n) is 3.24. The summed E-state index contributed by atoms with van der Waals surface area (Å²) in [5, 5.41) is 5.14. The lowest BCUT2D eigenvalue weighted by atomic mass is 10.2. The summed E-state index contributed by atoms with van der Waals surface area (Å²) in [5.41, 5.74) is 2.27. The minimum atomic E-state index is -0.00668. The van der Waals surface area contributed by atoms with E-state index in [0.29, 0.717) is 5.75 Å². The van der Waals surface area contributed by atoms with Crippen LogP contribution in [0.4, 0.5) is 5.69 Å². The fourth-order valence-corrected chi connectivity index (χ4v) is 6.06. The molecule has 0 saturated carbocycles. The van der Waals surface area contributed by atoms with E-state index < -0.39 is 0 Å². The number of thiophene rings is 1. The molecule has 4 nitrogen and oxygen atoms in total. The number of hydrogen-bond donors (Lipinski definition) is 1. The van der Waals surface area contributed by atoms with Crippen molar-refractivity contribution in [3.63, 3.8) is 0 Å². The number of anilines is 1. The zero-order chi connectivity index (χ0) is 18.1. The SMILES string of the molecule is CSc1ccccc1NC(=O)CSc1nc(C)nc2sc3c(c12)CCC3. The smallest absolute Gasteiger partial charge is 0.234 e. The first kappa shape index (κ1) is 17.8. The number of aromatic nitrogens is 2. The summed E-state index contributed by atoms with van der Waals surface area (Å²) in [4.78, 5) is 25.3. The summed E-state index contributed by atoms with van der Waals surface area (Å²) in [6, 6.07) is 7.87. The van der Waals surface area contributed by atoms with Gasteiger partial charge in [-0.3, -0.25) is 4.79 Å². The molecular weight excluding hydrogens is 382 g/mol. The van der Waals surface area contributed by atoms with E-state index in [9.17, 15) is 4.79 Å². The molecule has 1 amide bonds. The number of amides is 1. The molecule has 0 atom stereocenters. The number of fused-ring (bicyclic) bond motifs is 3. The molecule has 0 unspecified atom stereocenters. The van der Waals surface area contributed by atoms with Crippen LogP contribution in [-0.2, 0) is 17.6 Å². The van der Waals surface area contributed by atoms with Crippen LogP contribution in [0.1, 0.15) is 22.7 Å². The van der Waals surface area contributed by atoms with Crippen LogP contribution in [0.3, 0.4) is 0 Å². The van der Waals surface area contributed by atoms with Crippen molar-refractivity contribution in [1.82, 2.24) is 9.97 Å². The summed E-state index contributed by atoms with van der Waals surface area (Å²) in [6.07, 6.45) is 5.46. The van der Waals surface area contributed by atoms with Gasteiger partial charge in [0.05, 0.1) is 11.4 Å². The highest BCUT2D eigenvalue weighted by Gasteiger charge is 2.22. The maximum Gasteiger partial charge on any atom is 0.234 e. The molecule has 1 aliphatic carbocycles. The van der Waals surface area contributed by atoms with E-state index in [1.165, 1.54) is 34.0 Å². The summed E-state index contributed by atoms with van der Waals surface area (Å²) in [6.45, 7) is 1.92. The normalized spacial score (nSPS) is 13.2. The first-order chi connectivity index (χ1) is 12.7. The van der Waals surface area contributed by atoms with E-state index in [2.05, 4.69) is 15.3 Å². The number of nitrogens with zero attached hydrogens (tertiary/aromatic N) is 2. The topological polar surface area (TPSA) is 54.9 Å². The van der Waals surface area contributed by atoms with Gasteiger partial charge in [-0.15, -0.1) is 23.1 Å². The van der Waals surface area contributed by atoms with E-state index in [1.807, 2.05) is 37.4 Å². The average Bonchev–Trinajstić information content (AvgIpc) is 3.20. The number of thioether (sulfide) groups is 2. The highest BCUT2D eigenvalue weighted by molar-refractivity contribution is 8.00. The first-order valence-corrected chi connectivity index (χ1v) is 11.5. The Balaban J connectivity index is 1.53. The van der Waals surface area contributed by atoms with Crippen molar-refractivity contribution in [2.24, 2.45) is 0 Å². The lowest BCUT2D eigenvalue weighted by molar-refractivity contribution is -0.113. The molecule has 2 heterocycles. The van der Waals surface area contributed by atoms with Crippen molar-refractivity contribution in [3.8, 4) is 0 Å². The number of hydrogen-bond acceptors (Lipinski definition) is 6. The Hall–Kier alpha value is -1.57. The van der Waals surface area contributed by atoms with Crippen LogP contribution >= 0.6 is 34.9 Å². The average molecular weight is 402 g/mol. The number of para-hydroxylation sites is 1. The predicted octanol–water partition coefficient (Wildman–Crippen LogP) is 4.94. The molecule has 26 heavy (non-hydrogen) atoms. The Kier molecular flexibility index (Phi) is 5.20. The third-order valence-electron chi connectivity index (χ3n) is 4.36. The van der Waals surface area contributed by atoms with E-state index in [0.717, 1.165) is 39.1 Å². The van der Waals surface area contributed by atoms with Crippen LogP contribution in [0.25, 0.3) is 10.2 Å². The van der Waals surface area contributed by atoms with Gasteiger partial charge in [0.1, 0.15) is 15.7 Å². The summed E-state index contributed by atoms with van der Waals surface area (Å²) >= 11 is 4.93. The summed E-state index contributed by atoms with van der Waals surface area (Å²) in [7, 11) is 0. The van der Waals surface area contributed by atoms with Crippen LogP contribution in [0.15, 0.2) is 34.2 Å². The van der Waals surface area contributed by atoms with E-state index >= 15 is 0 Å². The molecule has 0 saturated heterocycles. The van der Waals surface area contributed by atoms with Gasteiger partial charge < -0.3 is 5.32 Å². The minimum absolute atomic E-state index is 0.00668. The van der Waals surface area contributed by atoms with Gasteiger partial charge in [0.15, 0.2) is 0 Å². The standard InChI is InChI=1S/C19H19N3OS3/c1-11-20-18(17-12-6-5-9-14(12)26-19(17)21-11)25-10-16(23)22-13-7-3-4-8-15(13)24-2/h3-4,7-8H,5-6,9-10H2,1-2H3,(H,22,23). The van der Waals surface area contributed by atoms with Gasteiger partial charge in [0.2, 0.25) is 5.91 Å². The number of benzene rings is 1. The van der Waals surface area contributed by atoms with Crippen molar-refractivity contribution in [1.29, 1.82) is 0 Å². The lowest BCUT2D eigenvalue weighted by Gasteiger charge is -2.09. The molecular formula is C19H19N3OS3. The van der Waals surface area contributed by atoms with E-state index in [1.54, 1.807) is 23.1 Å². The number of nitrogens with one attached hydrogen (secondary N) is 1. The predicted molar refractivity (Wildman–Crippen MR) is 112 cm³/mol. The van der Waals surface area contributed by atoms with Gasteiger partial charge in [-0.2, -0.15) is 0 Å². The van der Waals surface area contributed by atoms with Gasteiger partial charge >= 0.3 is 0 Å². The molecule has 0 aliphatic heterocycles. The molecule has 2 aromatic heterocycles. The Morgan fingerprint density at radius 2 is 2.12 bits per heavy atom. The molecule has 134 valence electrons. The quantitative estimate of drug-likeness (QED) is 0.485. The highest BCUT2D eigenvalue weighted by atomic mass is 32.2. The molecule has 0 spiro atoms. The lowest BCUT2D eigenvalue weighted by Crippen LogP contribution is -2.14. The van der Waals surface area contributed by atoms with Gasteiger partial charge in [0.25, 0.3) is 0 Å². The third kappa shape index (κ3) is 3.48. The number of aryl methyl sites for hydroxylation is 3. The molecule has 1 N–H and O–H groups in total. The van der Waals surface area contributed by atoms with Gasteiger partial charge in [-0.05, 0) is 50.1 Å². The van der Waals surface area contributed by atoms with E-state index in [-0.39, 0.29) is 5.91 Å². The second kappa shape index (κ2) is 7.58. The molecule has 3 aromatic rings. The van der Waals surface area contributed by atoms with E-state index in [4.69, 9.17) is 0 Å². The van der Waals surface area contributed by atoms with Crippen molar-refractivity contribution in [2.45, 2.75) is 36.1 Å². The maximum atomic E-state index is 12.5. The van der Waals surface area contributed by atoms with Gasteiger partial charge in [-0.1, -0.05) is 23.9 Å². The molecule has 0 fully saturated rings. The van der Waals surface area contributed by atoms with Crippen molar-refractivity contribution >= 4 is 56.7 Å². The summed E-state index contributed by atoms with van der Waals surface area (Å²) in [5.74, 6) is 1.11. The Labute approximate surface area is 165 Å². The van der Waals surface area contributed by atoms with Crippen LogP contribution < -0.4 is 5.32 Å². The molecule has 1 aromatic carbocycles. The molecule has 4 rings (SSSR count). The highest BCUT2D eigenvalue weighted by Crippen LogP contribution is 2.40. The second-order valence-electron chi connectivity index (χ2n) is 6.15. The molecule has 0 bridgehead atoms. The van der Waals surface area contributed by atoms with Crippen LogP contribution in [0, 0.1) is 6.92 Å². The number of carbonyl (C=O) groups is 1. The Bertz CT molecular complexity index is 984. The van der Waals surface area contributed by atoms with Gasteiger partial charge in [0, 0.05) is 15.2 Å². The summed E-state index contributed by atoms with van der Waals surface area (Å²) < 4.78 is 0. The Morgan fingerprint density at radius 1 is 1.27 bits per heavy atom. The molecule has 7 heteroatoms. The largest absolute Gasteiger partial charge is 0.324 e. The zero-order valence-electron chi connectivity index (χ0n) is 14.7. The van der Waals surface area contributed by atoms with Crippen LogP contribution in [0.2, 0.25) is 0 Å². The molecule has 1 aliphatic rings. The third-order valence-corrected chi connectivity index (χ3v) is 7.32. The van der Waals surface area contributed by atoms with Crippen molar-refractivity contribution in [2.75, 3.05) is 17.3 Å². The van der Waals surface area contributed by atoms with Crippen LogP contribution in [-0.4, -0.2) is 27.9 Å². The Morgan fingerprint density at radius 3 is 2.96 bits per heavy atom. The number of carbonyl (C=O) groups excluding carboxylic acids is 1. The van der Waals surface area contributed by atoms with Crippen LogP contribution in [0.5, 0.6) is 0 Å². The first-order valence-electron chi connectivity index (χ1n) is 8.50. The second-order valence-corrected chi connectivity index (χ2v) is 9.05. The number of rotatable bonds is 5. The fraction of sp³-hybridized carbons (Fsp3) is 0.316. The zero-order valence-corrected chi connectivity index (χ0v) is 17.1. The molecule has 0 radical (unpaired) electrons.